The van der Waals surface area contributed by atoms with Crippen LogP contribution in [-0.4, -0.2) is 34.2 Å². The second-order valence-corrected chi connectivity index (χ2v) is 11.5. The van der Waals surface area contributed by atoms with E-state index in [2.05, 4.69) is 21.7 Å². The van der Waals surface area contributed by atoms with E-state index in [1.54, 1.807) is 11.1 Å². The molecule has 1 aliphatic carbocycles. The van der Waals surface area contributed by atoms with Crippen molar-refractivity contribution in [3.05, 3.63) is 88.6 Å². The Bertz CT molecular complexity index is 1480. The van der Waals surface area contributed by atoms with Crippen LogP contribution in [0.5, 0.6) is 0 Å². The summed E-state index contributed by atoms with van der Waals surface area (Å²) in [4.78, 5) is 45.8. The largest absolute Gasteiger partial charge is 0.326 e. The van der Waals surface area contributed by atoms with Crippen LogP contribution in [0, 0.1) is 12.3 Å². The van der Waals surface area contributed by atoms with Gasteiger partial charge in [-0.05, 0) is 73.1 Å². The number of nitrogens with one attached hydrogen (secondary N) is 2. The zero-order valence-electron chi connectivity index (χ0n) is 22.0. The van der Waals surface area contributed by atoms with Gasteiger partial charge in [0.15, 0.2) is 0 Å². The van der Waals surface area contributed by atoms with E-state index in [9.17, 15) is 14.4 Å². The molecule has 3 aromatic rings. The average molecular weight is 509 g/mol. The number of carbonyl (C=O) groups is 3. The normalized spacial score (nSPS) is 23.2. The molecular weight excluding hydrogens is 476 g/mol. The van der Waals surface area contributed by atoms with Crippen LogP contribution in [0.15, 0.2) is 60.8 Å². The topological polar surface area (TPSA) is 91.4 Å². The van der Waals surface area contributed by atoms with Gasteiger partial charge in [-0.3, -0.25) is 14.4 Å². The van der Waals surface area contributed by atoms with E-state index < -0.39 is 10.8 Å². The lowest BCUT2D eigenvalue weighted by Crippen LogP contribution is -2.50. The Kier molecular flexibility index (Phi) is 5.63. The van der Waals surface area contributed by atoms with Gasteiger partial charge in [0.2, 0.25) is 17.7 Å². The molecule has 7 heteroatoms. The van der Waals surface area contributed by atoms with Crippen molar-refractivity contribution in [3.8, 4) is 0 Å². The summed E-state index contributed by atoms with van der Waals surface area (Å²) in [5.74, 6) is 0.385. The maximum Gasteiger partial charge on any atom is 0.244 e. The molecule has 3 amide bonds. The minimum Gasteiger partial charge on any atom is -0.326 e. The van der Waals surface area contributed by atoms with Crippen molar-refractivity contribution in [1.29, 1.82) is 0 Å². The van der Waals surface area contributed by atoms with Gasteiger partial charge >= 0.3 is 0 Å². The van der Waals surface area contributed by atoms with Crippen LogP contribution < -0.4 is 10.6 Å². The number of amides is 3. The first-order chi connectivity index (χ1) is 18.2. The van der Waals surface area contributed by atoms with E-state index in [0.717, 1.165) is 40.7 Å². The molecule has 0 radical (unpaired) electrons. The van der Waals surface area contributed by atoms with Gasteiger partial charge in [-0.2, -0.15) is 0 Å². The van der Waals surface area contributed by atoms with Gasteiger partial charge < -0.3 is 15.5 Å². The van der Waals surface area contributed by atoms with Gasteiger partial charge in [0.25, 0.3) is 0 Å². The number of piperidine rings is 1. The van der Waals surface area contributed by atoms with Gasteiger partial charge in [-0.1, -0.05) is 50.2 Å². The number of rotatable bonds is 4. The Morgan fingerprint density at radius 2 is 1.87 bits per heavy atom. The number of aryl methyl sites for hydroxylation is 1. The van der Waals surface area contributed by atoms with E-state index in [0.29, 0.717) is 24.3 Å². The lowest BCUT2D eigenvalue weighted by atomic mass is 9.78. The maximum absolute atomic E-state index is 13.5. The SMILES string of the molecule is Cc1ccccc1[C@@H]1CCC(C)(C)C(=O)N1CC(=O)Nc1ccc2c(c1)C[C@@]1(C2)C(=O)Nc2ncccc21. The van der Waals surface area contributed by atoms with Crippen LogP contribution in [0.1, 0.15) is 60.5 Å². The van der Waals surface area contributed by atoms with E-state index in [-0.39, 0.29) is 30.3 Å². The summed E-state index contributed by atoms with van der Waals surface area (Å²) in [5.41, 5.74) is 4.81. The van der Waals surface area contributed by atoms with Crippen LogP contribution in [0.2, 0.25) is 0 Å². The van der Waals surface area contributed by atoms with E-state index in [4.69, 9.17) is 0 Å². The average Bonchev–Trinajstić information content (AvgIpc) is 3.40. The Labute approximate surface area is 222 Å². The fraction of sp³-hybridized carbons (Fsp3) is 0.355. The van der Waals surface area contributed by atoms with Crippen molar-refractivity contribution in [2.24, 2.45) is 5.41 Å². The smallest absolute Gasteiger partial charge is 0.244 e. The molecule has 0 unspecified atom stereocenters. The molecule has 2 aromatic carbocycles. The Morgan fingerprint density at radius 1 is 1.08 bits per heavy atom. The fourth-order valence-corrected chi connectivity index (χ4v) is 6.46. The van der Waals surface area contributed by atoms with Crippen LogP contribution in [0.3, 0.4) is 0 Å². The van der Waals surface area contributed by atoms with Crippen LogP contribution in [-0.2, 0) is 32.6 Å². The van der Waals surface area contributed by atoms with Crippen molar-refractivity contribution in [1.82, 2.24) is 9.88 Å². The number of aromatic nitrogens is 1. The van der Waals surface area contributed by atoms with E-state index >= 15 is 0 Å². The first kappa shape index (κ1) is 24.3. The van der Waals surface area contributed by atoms with Gasteiger partial charge in [-0.15, -0.1) is 0 Å². The van der Waals surface area contributed by atoms with E-state index in [1.165, 1.54) is 0 Å². The van der Waals surface area contributed by atoms with Crippen molar-refractivity contribution >= 4 is 29.2 Å². The Morgan fingerprint density at radius 3 is 2.68 bits per heavy atom. The first-order valence-corrected chi connectivity index (χ1v) is 13.2. The summed E-state index contributed by atoms with van der Waals surface area (Å²) in [7, 11) is 0. The predicted octanol–water partition coefficient (Wildman–Crippen LogP) is 4.71. The summed E-state index contributed by atoms with van der Waals surface area (Å²) in [6.45, 7) is 5.95. The lowest BCUT2D eigenvalue weighted by Gasteiger charge is -2.43. The first-order valence-electron chi connectivity index (χ1n) is 13.2. The number of likely N-dealkylation sites (tertiary alicyclic amines) is 1. The van der Waals surface area contributed by atoms with Crippen LogP contribution >= 0.6 is 0 Å². The molecule has 3 heterocycles. The number of hydrogen-bond acceptors (Lipinski definition) is 4. The quantitative estimate of drug-likeness (QED) is 0.534. The molecule has 1 aromatic heterocycles. The summed E-state index contributed by atoms with van der Waals surface area (Å²) in [5, 5.41) is 5.95. The monoisotopic (exact) mass is 508 g/mol. The van der Waals surface area contributed by atoms with Gasteiger partial charge in [0, 0.05) is 22.9 Å². The molecule has 1 saturated heterocycles. The van der Waals surface area contributed by atoms with Crippen molar-refractivity contribution in [2.45, 2.75) is 57.9 Å². The third kappa shape index (κ3) is 3.88. The second-order valence-electron chi connectivity index (χ2n) is 11.5. The number of pyridine rings is 1. The summed E-state index contributed by atoms with van der Waals surface area (Å²) in [6.07, 6.45) is 4.45. The van der Waals surface area contributed by atoms with Gasteiger partial charge in [-0.25, -0.2) is 4.98 Å². The zero-order chi connectivity index (χ0) is 26.7. The second kappa shape index (κ2) is 8.79. The molecule has 2 aliphatic heterocycles. The minimum absolute atomic E-state index is 0.00238. The van der Waals surface area contributed by atoms with Gasteiger partial charge in [0.05, 0.1) is 11.5 Å². The number of carbonyl (C=O) groups excluding carboxylic acids is 3. The van der Waals surface area contributed by atoms with Crippen LogP contribution in [0.4, 0.5) is 11.5 Å². The van der Waals surface area contributed by atoms with E-state index in [1.807, 2.05) is 69.3 Å². The molecule has 0 bridgehead atoms. The number of fused-ring (bicyclic) bond motifs is 3. The summed E-state index contributed by atoms with van der Waals surface area (Å²) < 4.78 is 0. The highest BCUT2D eigenvalue weighted by Crippen LogP contribution is 2.47. The lowest BCUT2D eigenvalue weighted by molar-refractivity contribution is -0.150. The molecule has 7 nitrogen and oxygen atoms in total. The molecule has 2 N–H and O–H groups in total. The molecule has 3 aliphatic rings. The highest BCUT2D eigenvalue weighted by Gasteiger charge is 2.51. The number of anilines is 2. The molecule has 0 saturated carbocycles. The summed E-state index contributed by atoms with van der Waals surface area (Å²) >= 11 is 0. The fourth-order valence-electron chi connectivity index (χ4n) is 6.46. The molecule has 6 rings (SSSR count). The standard InChI is InChI=1S/C31H32N4O3/c1-19-7-4-5-8-23(19)25-12-13-30(2,3)29(38)35(25)18-26(36)33-22-11-10-20-16-31(17-21(20)15-22)24-9-6-14-32-27(24)34-28(31)37/h4-11,14-15,25H,12-13,16-18H2,1-3H3,(H,33,36)(H,32,34,37)/t25-,31+/m0/s1. The molecular formula is C31H32N4O3. The molecule has 1 spiro atoms. The zero-order valence-corrected chi connectivity index (χ0v) is 22.0. The number of nitrogens with zero attached hydrogens (tertiary/aromatic N) is 2. The minimum atomic E-state index is -0.652. The summed E-state index contributed by atoms with van der Waals surface area (Å²) in [6, 6.07) is 17.6. The van der Waals surface area contributed by atoms with Crippen molar-refractivity contribution in [2.75, 3.05) is 17.2 Å². The molecule has 1 fully saturated rings. The predicted molar refractivity (Wildman–Crippen MR) is 146 cm³/mol. The highest BCUT2D eigenvalue weighted by molar-refractivity contribution is 6.06. The molecule has 2 atom stereocenters. The Hall–Kier alpha value is -4.00. The number of benzene rings is 2. The van der Waals surface area contributed by atoms with Crippen LogP contribution in [0.25, 0.3) is 0 Å². The molecule has 38 heavy (non-hydrogen) atoms. The third-order valence-corrected chi connectivity index (χ3v) is 8.58. The van der Waals surface area contributed by atoms with Crippen molar-refractivity contribution in [3.63, 3.8) is 0 Å². The van der Waals surface area contributed by atoms with Gasteiger partial charge in [0.1, 0.15) is 12.4 Å². The van der Waals surface area contributed by atoms with Crippen molar-refractivity contribution < 1.29 is 14.4 Å². The third-order valence-electron chi connectivity index (χ3n) is 8.58. The number of hydrogen-bond donors (Lipinski definition) is 2. The highest BCUT2D eigenvalue weighted by atomic mass is 16.2. The maximum atomic E-state index is 13.5. The Balaban J connectivity index is 1.21. The molecule has 194 valence electrons.